The van der Waals surface area contributed by atoms with E-state index in [0.717, 1.165) is 33.2 Å². The summed E-state index contributed by atoms with van der Waals surface area (Å²) in [5.74, 6) is 0.946. The smallest absolute Gasteiger partial charge is 0.159 e. The Morgan fingerprint density at radius 3 is 2.10 bits per heavy atom. The lowest BCUT2D eigenvalue weighted by molar-refractivity contribution is 0.101. The topological polar surface area (TPSA) is 26.3 Å². The highest BCUT2D eigenvalue weighted by molar-refractivity contribution is 5.99. The van der Waals surface area contributed by atoms with Crippen molar-refractivity contribution in [2.24, 2.45) is 0 Å². The molecule has 0 aromatic heterocycles. The van der Waals surface area contributed by atoms with Crippen molar-refractivity contribution in [3.63, 3.8) is 0 Å². The molecule has 0 atom stereocenters. The monoisotopic (exact) mass is 276 g/mol. The predicted octanol–water partition coefficient (Wildman–Crippen LogP) is 4.72. The molecule has 0 aliphatic heterocycles. The Kier molecular flexibility index (Phi) is 3.44. The van der Waals surface area contributed by atoms with Crippen LogP contribution in [-0.4, -0.2) is 12.9 Å². The quantitative estimate of drug-likeness (QED) is 0.647. The second-order valence-electron chi connectivity index (χ2n) is 5.06. The summed E-state index contributed by atoms with van der Waals surface area (Å²) in [6.07, 6.45) is 0. The van der Waals surface area contributed by atoms with Crippen LogP contribution < -0.4 is 4.74 Å². The first-order valence-corrected chi connectivity index (χ1v) is 6.86. The summed E-state index contributed by atoms with van der Waals surface area (Å²) in [5, 5.41) is 2.22. The van der Waals surface area contributed by atoms with E-state index in [1.54, 1.807) is 14.0 Å². The molecule has 3 aromatic carbocycles. The van der Waals surface area contributed by atoms with E-state index in [4.69, 9.17) is 4.74 Å². The molecule has 0 aliphatic rings. The molecule has 0 fully saturated rings. The number of Topliss-reactive ketones (excluding diaryl/α,β-unsaturated/α-hetero) is 1. The molecule has 0 bridgehead atoms. The third kappa shape index (κ3) is 2.65. The van der Waals surface area contributed by atoms with Gasteiger partial charge in [-0.3, -0.25) is 4.79 Å². The highest BCUT2D eigenvalue weighted by Gasteiger charge is 2.03. The number of hydrogen-bond donors (Lipinski definition) is 0. The number of rotatable bonds is 3. The highest BCUT2D eigenvalue weighted by Crippen LogP contribution is 2.26. The van der Waals surface area contributed by atoms with E-state index in [2.05, 4.69) is 18.2 Å². The van der Waals surface area contributed by atoms with Gasteiger partial charge in [-0.05, 0) is 53.1 Å². The van der Waals surface area contributed by atoms with Gasteiger partial charge < -0.3 is 4.74 Å². The Labute approximate surface area is 124 Å². The third-order valence-corrected chi connectivity index (χ3v) is 3.67. The predicted molar refractivity (Wildman–Crippen MR) is 85.9 cm³/mol. The summed E-state index contributed by atoms with van der Waals surface area (Å²) in [4.78, 5) is 11.4. The normalized spacial score (nSPS) is 10.6. The van der Waals surface area contributed by atoms with Gasteiger partial charge in [0.1, 0.15) is 5.75 Å². The standard InChI is InChI=1S/C19H16O2/c1-13(20)15-3-4-18-12-16(5-6-17(18)11-15)14-7-9-19(21-2)10-8-14/h3-12H,1-2H3. The van der Waals surface area contributed by atoms with E-state index in [0.29, 0.717) is 0 Å². The lowest BCUT2D eigenvalue weighted by Gasteiger charge is -2.06. The fraction of sp³-hybridized carbons (Fsp3) is 0.105. The molecule has 0 spiro atoms. The van der Waals surface area contributed by atoms with E-state index in [1.165, 1.54) is 0 Å². The van der Waals surface area contributed by atoms with Crippen LogP contribution in [0.15, 0.2) is 60.7 Å². The van der Waals surface area contributed by atoms with Crippen molar-refractivity contribution in [3.05, 3.63) is 66.2 Å². The van der Waals surface area contributed by atoms with Crippen molar-refractivity contribution in [3.8, 4) is 16.9 Å². The third-order valence-electron chi connectivity index (χ3n) is 3.67. The number of fused-ring (bicyclic) bond motifs is 1. The number of benzene rings is 3. The molecule has 0 heterocycles. The van der Waals surface area contributed by atoms with E-state index in [1.807, 2.05) is 42.5 Å². The maximum atomic E-state index is 11.4. The zero-order valence-corrected chi connectivity index (χ0v) is 12.1. The van der Waals surface area contributed by atoms with E-state index >= 15 is 0 Å². The fourth-order valence-corrected chi connectivity index (χ4v) is 2.43. The summed E-state index contributed by atoms with van der Waals surface area (Å²) in [5.41, 5.74) is 3.05. The van der Waals surface area contributed by atoms with Crippen LogP contribution in [0.4, 0.5) is 0 Å². The van der Waals surface area contributed by atoms with Gasteiger partial charge in [-0.2, -0.15) is 0 Å². The van der Waals surface area contributed by atoms with Crippen LogP contribution in [0, 0.1) is 0 Å². The zero-order valence-electron chi connectivity index (χ0n) is 12.1. The second kappa shape index (κ2) is 5.41. The molecule has 104 valence electrons. The molecule has 0 radical (unpaired) electrons. The van der Waals surface area contributed by atoms with Crippen LogP contribution in [-0.2, 0) is 0 Å². The number of methoxy groups -OCH3 is 1. The number of hydrogen-bond acceptors (Lipinski definition) is 2. The highest BCUT2D eigenvalue weighted by atomic mass is 16.5. The Bertz CT molecular complexity index is 801. The van der Waals surface area contributed by atoms with Gasteiger partial charge in [-0.15, -0.1) is 0 Å². The van der Waals surface area contributed by atoms with Crippen LogP contribution in [0.2, 0.25) is 0 Å². The lowest BCUT2D eigenvalue weighted by Crippen LogP contribution is -1.91. The average molecular weight is 276 g/mol. The summed E-state index contributed by atoms with van der Waals surface area (Å²) in [7, 11) is 1.66. The molecule has 3 rings (SSSR count). The van der Waals surface area contributed by atoms with Crippen LogP contribution >= 0.6 is 0 Å². The first kappa shape index (κ1) is 13.4. The maximum absolute atomic E-state index is 11.4. The van der Waals surface area contributed by atoms with Gasteiger partial charge >= 0.3 is 0 Å². The first-order chi connectivity index (χ1) is 10.2. The van der Waals surface area contributed by atoms with Gasteiger partial charge in [-0.1, -0.05) is 36.4 Å². The second-order valence-corrected chi connectivity index (χ2v) is 5.06. The van der Waals surface area contributed by atoms with Gasteiger partial charge in [-0.25, -0.2) is 0 Å². The van der Waals surface area contributed by atoms with Gasteiger partial charge in [0.25, 0.3) is 0 Å². The molecule has 21 heavy (non-hydrogen) atoms. The zero-order chi connectivity index (χ0) is 14.8. The first-order valence-electron chi connectivity index (χ1n) is 6.86. The van der Waals surface area contributed by atoms with E-state index in [-0.39, 0.29) is 5.78 Å². The Morgan fingerprint density at radius 2 is 1.43 bits per heavy atom. The molecule has 0 N–H and O–H groups in total. The molecule has 0 unspecified atom stereocenters. The molecule has 0 amide bonds. The number of ketones is 1. The van der Waals surface area contributed by atoms with Gasteiger partial charge in [0.15, 0.2) is 5.78 Å². The Balaban J connectivity index is 2.04. The molecular weight excluding hydrogens is 260 g/mol. The van der Waals surface area contributed by atoms with Gasteiger partial charge in [0.2, 0.25) is 0 Å². The molecular formula is C19H16O2. The minimum absolute atomic E-state index is 0.0936. The minimum Gasteiger partial charge on any atom is -0.497 e. The van der Waals surface area contributed by atoms with Crippen LogP contribution in [0.5, 0.6) is 5.75 Å². The average Bonchev–Trinajstić information content (AvgIpc) is 2.54. The molecule has 0 saturated heterocycles. The maximum Gasteiger partial charge on any atom is 0.159 e. The van der Waals surface area contributed by atoms with E-state index < -0.39 is 0 Å². The lowest BCUT2D eigenvalue weighted by atomic mass is 9.99. The largest absolute Gasteiger partial charge is 0.497 e. The Hall–Kier alpha value is -2.61. The molecule has 0 saturated carbocycles. The summed E-state index contributed by atoms with van der Waals surface area (Å²) >= 11 is 0. The van der Waals surface area contributed by atoms with Crippen molar-refractivity contribution >= 4 is 16.6 Å². The van der Waals surface area contributed by atoms with Crippen LogP contribution in [0.3, 0.4) is 0 Å². The van der Waals surface area contributed by atoms with Crippen molar-refractivity contribution in [2.45, 2.75) is 6.92 Å². The van der Waals surface area contributed by atoms with Crippen LogP contribution in [0.1, 0.15) is 17.3 Å². The van der Waals surface area contributed by atoms with Crippen molar-refractivity contribution in [1.29, 1.82) is 0 Å². The molecule has 3 aromatic rings. The SMILES string of the molecule is COc1ccc(-c2ccc3cc(C(C)=O)ccc3c2)cc1. The van der Waals surface area contributed by atoms with Crippen molar-refractivity contribution < 1.29 is 9.53 Å². The van der Waals surface area contributed by atoms with Gasteiger partial charge in [0.05, 0.1) is 7.11 Å². The van der Waals surface area contributed by atoms with E-state index in [9.17, 15) is 4.79 Å². The number of ether oxygens (including phenoxy) is 1. The van der Waals surface area contributed by atoms with Crippen LogP contribution in [0.25, 0.3) is 21.9 Å². The number of carbonyl (C=O) groups excluding carboxylic acids is 1. The summed E-state index contributed by atoms with van der Waals surface area (Å²) in [6.45, 7) is 1.59. The fourth-order valence-electron chi connectivity index (χ4n) is 2.43. The molecule has 0 aliphatic carbocycles. The summed E-state index contributed by atoms with van der Waals surface area (Å²) in [6, 6.07) is 20.1. The minimum atomic E-state index is 0.0936. The van der Waals surface area contributed by atoms with Crippen molar-refractivity contribution in [2.75, 3.05) is 7.11 Å². The molecule has 2 nitrogen and oxygen atoms in total. The Morgan fingerprint density at radius 1 is 0.810 bits per heavy atom. The summed E-state index contributed by atoms with van der Waals surface area (Å²) < 4.78 is 5.18. The molecule has 2 heteroatoms. The number of carbonyl (C=O) groups is 1. The van der Waals surface area contributed by atoms with Gasteiger partial charge in [0, 0.05) is 5.56 Å². The van der Waals surface area contributed by atoms with Crippen molar-refractivity contribution in [1.82, 2.24) is 0 Å².